The zero-order chi connectivity index (χ0) is 14.9. The van der Waals surface area contributed by atoms with E-state index in [1.54, 1.807) is 6.07 Å². The Morgan fingerprint density at radius 3 is 2.59 bits per heavy atom. The minimum absolute atomic E-state index is 0. The highest BCUT2D eigenvalue weighted by atomic mass is 35.5. The van der Waals surface area contributed by atoms with Crippen LogP contribution in [0.4, 0.5) is 4.39 Å². The molecule has 1 aromatic carbocycles. The van der Waals surface area contributed by atoms with E-state index in [-0.39, 0.29) is 30.2 Å². The largest absolute Gasteiger partial charge is 0.351 e. The molecule has 0 aromatic heterocycles. The molecule has 122 valence electrons. The molecule has 1 aromatic rings. The molecule has 3 N–H and O–H groups in total. The van der Waals surface area contributed by atoms with Gasteiger partial charge in [0.05, 0.1) is 5.41 Å². The summed E-state index contributed by atoms with van der Waals surface area (Å²) in [6.45, 7) is 0.482. The Labute approximate surface area is 137 Å². The third-order valence-electron chi connectivity index (χ3n) is 5.03. The van der Waals surface area contributed by atoms with E-state index in [2.05, 4.69) is 5.32 Å². The van der Waals surface area contributed by atoms with Gasteiger partial charge in [-0.3, -0.25) is 4.79 Å². The number of carbonyl (C=O) groups is 1. The van der Waals surface area contributed by atoms with Crippen LogP contribution in [0.15, 0.2) is 24.3 Å². The molecule has 3 rings (SSSR count). The Bertz CT molecular complexity index is 527. The lowest BCUT2D eigenvalue weighted by Crippen LogP contribution is -2.50. The van der Waals surface area contributed by atoms with Crippen molar-refractivity contribution in [1.82, 2.24) is 5.32 Å². The number of halogens is 2. The topological polar surface area (TPSA) is 55.1 Å². The van der Waals surface area contributed by atoms with Gasteiger partial charge in [-0.25, -0.2) is 4.39 Å². The Hall–Kier alpha value is -1.13. The first-order chi connectivity index (χ1) is 10.2. The average Bonchev–Trinajstić information content (AvgIpc) is 3.20. The van der Waals surface area contributed by atoms with Crippen LogP contribution in [0.1, 0.15) is 44.1 Å². The monoisotopic (exact) mass is 326 g/mol. The quantitative estimate of drug-likeness (QED) is 0.874. The van der Waals surface area contributed by atoms with E-state index >= 15 is 0 Å². The average molecular weight is 327 g/mol. The number of hydrogen-bond acceptors (Lipinski definition) is 2. The number of nitrogens with one attached hydrogen (secondary N) is 1. The van der Waals surface area contributed by atoms with Crippen LogP contribution in [0.2, 0.25) is 0 Å². The maximum atomic E-state index is 13.6. The fourth-order valence-electron chi connectivity index (χ4n) is 3.59. The van der Waals surface area contributed by atoms with Crippen LogP contribution in [0, 0.1) is 11.7 Å². The third-order valence-corrected chi connectivity index (χ3v) is 5.03. The first kappa shape index (κ1) is 17.2. The van der Waals surface area contributed by atoms with Crippen LogP contribution in [0.5, 0.6) is 0 Å². The highest BCUT2D eigenvalue weighted by molar-refractivity contribution is 5.89. The molecule has 0 radical (unpaired) electrons. The Kier molecular flexibility index (Phi) is 5.45. The fourth-order valence-corrected chi connectivity index (χ4v) is 3.59. The van der Waals surface area contributed by atoms with Gasteiger partial charge >= 0.3 is 0 Å². The number of hydrogen-bond donors (Lipinski definition) is 2. The minimum atomic E-state index is -0.565. The molecule has 0 spiro atoms. The van der Waals surface area contributed by atoms with Crippen LogP contribution in [0.25, 0.3) is 0 Å². The highest BCUT2D eigenvalue weighted by Gasteiger charge is 2.44. The van der Waals surface area contributed by atoms with Crippen molar-refractivity contribution in [2.24, 2.45) is 11.7 Å². The molecule has 0 bridgehead atoms. The summed E-state index contributed by atoms with van der Waals surface area (Å²) in [5, 5.41) is 3.14. The molecule has 2 fully saturated rings. The summed E-state index contributed by atoms with van der Waals surface area (Å²) in [6.07, 6.45) is 5.92. The Morgan fingerprint density at radius 1 is 1.36 bits per heavy atom. The summed E-state index contributed by atoms with van der Waals surface area (Å²) in [6, 6.07) is 6.58. The number of benzene rings is 1. The van der Waals surface area contributed by atoms with Gasteiger partial charge in [0.1, 0.15) is 5.82 Å². The van der Waals surface area contributed by atoms with Gasteiger partial charge in [0.2, 0.25) is 5.91 Å². The lowest BCUT2D eigenvalue weighted by atomic mass is 9.77. The lowest BCUT2D eigenvalue weighted by molar-refractivity contribution is -0.127. The standard InChI is InChI=1S/C17H23FN2O.ClH/c18-14-5-3-4-13(10-14)17(8-1-2-9-17)16(21)20-15(11-19)12-6-7-12;/h3-5,10,12,15H,1-2,6-9,11,19H2,(H,20,21);1H. The first-order valence-electron chi connectivity index (χ1n) is 7.93. The number of amides is 1. The van der Waals surface area contributed by atoms with Crippen molar-refractivity contribution < 1.29 is 9.18 Å². The van der Waals surface area contributed by atoms with Gasteiger partial charge in [-0.05, 0) is 49.3 Å². The van der Waals surface area contributed by atoms with E-state index in [1.807, 2.05) is 6.07 Å². The van der Waals surface area contributed by atoms with Crippen molar-refractivity contribution in [1.29, 1.82) is 0 Å². The molecule has 0 heterocycles. The smallest absolute Gasteiger partial charge is 0.230 e. The van der Waals surface area contributed by atoms with Crippen molar-refractivity contribution >= 4 is 18.3 Å². The van der Waals surface area contributed by atoms with Crippen molar-refractivity contribution in [2.75, 3.05) is 6.54 Å². The summed E-state index contributed by atoms with van der Waals surface area (Å²) < 4.78 is 13.6. The molecule has 0 saturated heterocycles. The second-order valence-corrected chi connectivity index (χ2v) is 6.45. The van der Waals surface area contributed by atoms with Gasteiger partial charge in [0, 0.05) is 12.6 Å². The van der Waals surface area contributed by atoms with Crippen LogP contribution >= 0.6 is 12.4 Å². The Morgan fingerprint density at radius 2 is 2.05 bits per heavy atom. The SMILES string of the molecule is Cl.NCC(NC(=O)C1(c2cccc(F)c2)CCCC1)C1CC1. The molecule has 0 aliphatic heterocycles. The van der Waals surface area contributed by atoms with E-state index in [0.717, 1.165) is 44.1 Å². The molecule has 2 aliphatic rings. The summed E-state index contributed by atoms with van der Waals surface area (Å²) in [4.78, 5) is 12.9. The number of rotatable bonds is 5. The van der Waals surface area contributed by atoms with Crippen LogP contribution in [-0.2, 0) is 10.2 Å². The van der Waals surface area contributed by atoms with E-state index in [9.17, 15) is 9.18 Å². The van der Waals surface area contributed by atoms with Gasteiger partial charge in [-0.2, -0.15) is 0 Å². The lowest BCUT2D eigenvalue weighted by Gasteiger charge is -2.30. The molecular weight excluding hydrogens is 303 g/mol. The zero-order valence-corrected chi connectivity index (χ0v) is 13.5. The van der Waals surface area contributed by atoms with Crippen LogP contribution in [0.3, 0.4) is 0 Å². The first-order valence-corrected chi connectivity index (χ1v) is 7.93. The van der Waals surface area contributed by atoms with Gasteiger partial charge in [0.25, 0.3) is 0 Å². The molecule has 1 amide bonds. The summed E-state index contributed by atoms with van der Waals surface area (Å²) in [5.74, 6) is 0.294. The number of carbonyl (C=O) groups excluding carboxylic acids is 1. The fraction of sp³-hybridized carbons (Fsp3) is 0.588. The third kappa shape index (κ3) is 3.28. The van der Waals surface area contributed by atoms with Crippen molar-refractivity contribution in [2.45, 2.75) is 50.0 Å². The van der Waals surface area contributed by atoms with Gasteiger partial charge < -0.3 is 11.1 Å². The molecule has 5 heteroatoms. The van der Waals surface area contributed by atoms with E-state index < -0.39 is 5.41 Å². The van der Waals surface area contributed by atoms with Gasteiger partial charge in [0.15, 0.2) is 0 Å². The van der Waals surface area contributed by atoms with E-state index in [0.29, 0.717) is 12.5 Å². The molecule has 1 unspecified atom stereocenters. The van der Waals surface area contributed by atoms with Crippen molar-refractivity contribution in [3.8, 4) is 0 Å². The molecule has 1 atom stereocenters. The predicted octanol–water partition coefficient (Wildman–Crippen LogP) is 2.91. The van der Waals surface area contributed by atoms with Crippen molar-refractivity contribution in [3.63, 3.8) is 0 Å². The normalized spacial score (nSPS) is 21.0. The molecular formula is C17H24ClFN2O. The second kappa shape index (κ2) is 6.97. The zero-order valence-electron chi connectivity index (χ0n) is 12.7. The van der Waals surface area contributed by atoms with Crippen LogP contribution < -0.4 is 11.1 Å². The minimum Gasteiger partial charge on any atom is -0.351 e. The maximum absolute atomic E-state index is 13.6. The second-order valence-electron chi connectivity index (χ2n) is 6.45. The van der Waals surface area contributed by atoms with E-state index in [1.165, 1.54) is 12.1 Å². The molecule has 22 heavy (non-hydrogen) atoms. The van der Waals surface area contributed by atoms with Gasteiger partial charge in [-0.15, -0.1) is 12.4 Å². The highest BCUT2D eigenvalue weighted by Crippen LogP contribution is 2.42. The summed E-state index contributed by atoms with van der Waals surface area (Å²) >= 11 is 0. The van der Waals surface area contributed by atoms with E-state index in [4.69, 9.17) is 5.73 Å². The molecule has 2 saturated carbocycles. The predicted molar refractivity (Wildman–Crippen MR) is 87.5 cm³/mol. The summed E-state index contributed by atoms with van der Waals surface area (Å²) in [7, 11) is 0. The number of nitrogens with two attached hydrogens (primary N) is 1. The summed E-state index contributed by atoms with van der Waals surface area (Å²) in [5.41, 5.74) is 6.04. The maximum Gasteiger partial charge on any atom is 0.230 e. The Balaban J connectivity index is 0.00000176. The van der Waals surface area contributed by atoms with Crippen molar-refractivity contribution in [3.05, 3.63) is 35.6 Å². The molecule has 2 aliphatic carbocycles. The van der Waals surface area contributed by atoms with Crippen LogP contribution in [-0.4, -0.2) is 18.5 Å². The van der Waals surface area contributed by atoms with Gasteiger partial charge in [-0.1, -0.05) is 25.0 Å². The molecule has 3 nitrogen and oxygen atoms in total.